The Morgan fingerprint density at radius 3 is 3.00 bits per heavy atom. The van der Waals surface area contributed by atoms with Crippen LogP contribution in [0, 0.1) is 0 Å². The minimum Gasteiger partial charge on any atom is -0.356 e. The molecule has 0 saturated heterocycles. The van der Waals surface area contributed by atoms with E-state index in [1.165, 1.54) is 6.33 Å². The van der Waals surface area contributed by atoms with E-state index in [9.17, 15) is 4.79 Å². The molecule has 1 amide bonds. The van der Waals surface area contributed by atoms with Crippen LogP contribution in [-0.4, -0.2) is 40.3 Å². The van der Waals surface area contributed by atoms with Gasteiger partial charge in [-0.25, -0.2) is 4.98 Å². The molecule has 2 N–H and O–H groups in total. The Morgan fingerprint density at radius 1 is 1.44 bits per heavy atom. The molecule has 0 spiro atoms. The van der Waals surface area contributed by atoms with Gasteiger partial charge in [0.25, 0.3) is 0 Å². The van der Waals surface area contributed by atoms with E-state index in [-0.39, 0.29) is 5.91 Å². The first kappa shape index (κ1) is 12.6. The quantitative estimate of drug-likeness (QED) is 0.600. The van der Waals surface area contributed by atoms with Crippen LogP contribution in [0.15, 0.2) is 12.7 Å². The van der Waals surface area contributed by atoms with E-state index in [4.69, 9.17) is 0 Å². The number of rotatable bonds is 8. The molecule has 1 aromatic heterocycles. The number of carbonyl (C=O) groups is 1. The Kier molecular flexibility index (Phi) is 6.17. The summed E-state index contributed by atoms with van der Waals surface area (Å²) in [5.41, 5.74) is 0. The molecular formula is C10H19N5O. The summed E-state index contributed by atoms with van der Waals surface area (Å²) in [7, 11) is 0. The molecule has 90 valence electrons. The standard InChI is InChI=1S/C10H19N5O/c1-2-11-5-3-6-13-10(16)4-7-15-9-12-8-14-15/h8-9,11H,2-7H2,1H3,(H,13,16). The Labute approximate surface area is 95.4 Å². The molecule has 0 aliphatic heterocycles. The van der Waals surface area contributed by atoms with E-state index in [1.807, 2.05) is 0 Å². The van der Waals surface area contributed by atoms with Crippen molar-refractivity contribution in [1.29, 1.82) is 0 Å². The van der Waals surface area contributed by atoms with Crippen LogP contribution in [0.5, 0.6) is 0 Å². The molecule has 1 heterocycles. The highest BCUT2D eigenvalue weighted by Gasteiger charge is 2.00. The summed E-state index contributed by atoms with van der Waals surface area (Å²) in [6, 6.07) is 0. The average Bonchev–Trinajstić information content (AvgIpc) is 2.79. The third-order valence-electron chi connectivity index (χ3n) is 2.14. The number of nitrogens with zero attached hydrogens (tertiary/aromatic N) is 3. The van der Waals surface area contributed by atoms with Crippen molar-refractivity contribution in [3.8, 4) is 0 Å². The zero-order chi connectivity index (χ0) is 11.6. The summed E-state index contributed by atoms with van der Waals surface area (Å²) in [5.74, 6) is 0.0620. The SMILES string of the molecule is CCNCCCNC(=O)CCn1cncn1. The monoisotopic (exact) mass is 225 g/mol. The third kappa shape index (κ3) is 5.45. The van der Waals surface area contributed by atoms with E-state index in [0.717, 1.165) is 26.1 Å². The van der Waals surface area contributed by atoms with Gasteiger partial charge in [-0.2, -0.15) is 5.10 Å². The van der Waals surface area contributed by atoms with Gasteiger partial charge in [-0.15, -0.1) is 0 Å². The molecule has 6 nitrogen and oxygen atoms in total. The topological polar surface area (TPSA) is 71.8 Å². The molecule has 6 heteroatoms. The fourth-order valence-electron chi connectivity index (χ4n) is 1.27. The van der Waals surface area contributed by atoms with Gasteiger partial charge in [0, 0.05) is 13.0 Å². The summed E-state index contributed by atoms with van der Waals surface area (Å²) in [4.78, 5) is 15.2. The second-order valence-electron chi connectivity index (χ2n) is 3.47. The van der Waals surface area contributed by atoms with Crippen LogP contribution >= 0.6 is 0 Å². The van der Waals surface area contributed by atoms with Crippen LogP contribution in [0.3, 0.4) is 0 Å². The first-order valence-corrected chi connectivity index (χ1v) is 5.62. The fourth-order valence-corrected chi connectivity index (χ4v) is 1.27. The first-order chi connectivity index (χ1) is 7.83. The van der Waals surface area contributed by atoms with E-state index < -0.39 is 0 Å². The summed E-state index contributed by atoms with van der Waals surface area (Å²) in [6.07, 6.45) is 4.49. The lowest BCUT2D eigenvalue weighted by atomic mass is 10.3. The van der Waals surface area contributed by atoms with Crippen molar-refractivity contribution >= 4 is 5.91 Å². The molecule has 16 heavy (non-hydrogen) atoms. The molecule has 1 rings (SSSR count). The number of aromatic nitrogens is 3. The smallest absolute Gasteiger partial charge is 0.221 e. The zero-order valence-electron chi connectivity index (χ0n) is 9.65. The number of aryl methyl sites for hydroxylation is 1. The maximum Gasteiger partial charge on any atom is 0.221 e. The van der Waals surface area contributed by atoms with Crippen molar-refractivity contribution in [3.63, 3.8) is 0 Å². The van der Waals surface area contributed by atoms with Gasteiger partial charge in [-0.05, 0) is 19.5 Å². The van der Waals surface area contributed by atoms with Crippen molar-refractivity contribution < 1.29 is 4.79 Å². The van der Waals surface area contributed by atoms with Crippen molar-refractivity contribution in [3.05, 3.63) is 12.7 Å². The van der Waals surface area contributed by atoms with Crippen LogP contribution in [-0.2, 0) is 11.3 Å². The lowest BCUT2D eigenvalue weighted by Crippen LogP contribution is -2.28. The Hall–Kier alpha value is -1.43. The molecule has 0 aromatic carbocycles. The van der Waals surface area contributed by atoms with Gasteiger partial charge in [0.15, 0.2) is 0 Å². The molecule has 0 fully saturated rings. The van der Waals surface area contributed by atoms with Gasteiger partial charge < -0.3 is 10.6 Å². The maximum atomic E-state index is 11.4. The molecule has 1 aromatic rings. The predicted molar refractivity (Wildman–Crippen MR) is 60.8 cm³/mol. The predicted octanol–water partition coefficient (Wildman–Crippen LogP) is -0.216. The largest absolute Gasteiger partial charge is 0.356 e. The zero-order valence-corrected chi connectivity index (χ0v) is 9.65. The first-order valence-electron chi connectivity index (χ1n) is 5.62. The van der Waals surface area contributed by atoms with Gasteiger partial charge in [0.05, 0.1) is 6.54 Å². The van der Waals surface area contributed by atoms with Crippen molar-refractivity contribution in [2.24, 2.45) is 0 Å². The Morgan fingerprint density at radius 2 is 2.31 bits per heavy atom. The minimum atomic E-state index is 0.0620. The summed E-state index contributed by atoms with van der Waals surface area (Å²) in [6.45, 7) is 5.29. The molecule has 0 radical (unpaired) electrons. The highest BCUT2D eigenvalue weighted by Crippen LogP contribution is 1.87. The van der Waals surface area contributed by atoms with E-state index in [2.05, 4.69) is 27.6 Å². The van der Waals surface area contributed by atoms with Crippen LogP contribution in [0.1, 0.15) is 19.8 Å². The Balaban J connectivity index is 1.99. The lowest BCUT2D eigenvalue weighted by Gasteiger charge is -2.05. The van der Waals surface area contributed by atoms with Crippen LogP contribution in [0.25, 0.3) is 0 Å². The normalized spacial score (nSPS) is 10.3. The summed E-state index contributed by atoms with van der Waals surface area (Å²) < 4.78 is 1.65. The second-order valence-corrected chi connectivity index (χ2v) is 3.47. The summed E-state index contributed by atoms with van der Waals surface area (Å²) in [5, 5.41) is 9.99. The van der Waals surface area contributed by atoms with Gasteiger partial charge in [-0.3, -0.25) is 9.48 Å². The molecule has 0 aliphatic carbocycles. The van der Waals surface area contributed by atoms with Crippen LogP contribution in [0.2, 0.25) is 0 Å². The number of nitrogens with one attached hydrogen (secondary N) is 2. The van der Waals surface area contributed by atoms with Crippen LogP contribution in [0.4, 0.5) is 0 Å². The van der Waals surface area contributed by atoms with Gasteiger partial charge >= 0.3 is 0 Å². The third-order valence-corrected chi connectivity index (χ3v) is 2.14. The minimum absolute atomic E-state index is 0.0620. The van der Waals surface area contributed by atoms with E-state index in [1.54, 1.807) is 11.0 Å². The second kappa shape index (κ2) is 7.81. The van der Waals surface area contributed by atoms with Crippen molar-refractivity contribution in [1.82, 2.24) is 25.4 Å². The van der Waals surface area contributed by atoms with Gasteiger partial charge in [-0.1, -0.05) is 6.92 Å². The molecule has 0 unspecified atom stereocenters. The molecule has 0 atom stereocenters. The Bertz CT molecular complexity index is 285. The van der Waals surface area contributed by atoms with Gasteiger partial charge in [0.2, 0.25) is 5.91 Å². The van der Waals surface area contributed by atoms with E-state index in [0.29, 0.717) is 13.0 Å². The average molecular weight is 225 g/mol. The molecule has 0 bridgehead atoms. The molecular weight excluding hydrogens is 206 g/mol. The highest BCUT2D eigenvalue weighted by atomic mass is 16.1. The number of amides is 1. The van der Waals surface area contributed by atoms with Crippen molar-refractivity contribution in [2.75, 3.05) is 19.6 Å². The lowest BCUT2D eigenvalue weighted by molar-refractivity contribution is -0.121. The van der Waals surface area contributed by atoms with E-state index >= 15 is 0 Å². The van der Waals surface area contributed by atoms with Gasteiger partial charge in [0.1, 0.15) is 12.7 Å². The molecule has 0 saturated carbocycles. The van der Waals surface area contributed by atoms with Crippen molar-refractivity contribution in [2.45, 2.75) is 26.3 Å². The number of carbonyl (C=O) groups excluding carboxylic acids is 1. The maximum absolute atomic E-state index is 11.4. The number of hydrogen-bond acceptors (Lipinski definition) is 4. The molecule has 0 aliphatic rings. The number of hydrogen-bond donors (Lipinski definition) is 2. The highest BCUT2D eigenvalue weighted by molar-refractivity contribution is 5.75. The summed E-state index contributed by atoms with van der Waals surface area (Å²) >= 11 is 0. The fraction of sp³-hybridized carbons (Fsp3) is 0.700. The van der Waals surface area contributed by atoms with Crippen LogP contribution < -0.4 is 10.6 Å².